The minimum Gasteiger partial charge on any atom is -0.477 e. The SMILES string of the molecule is CC(C)[C@H](NC(=O)COc1ccccc1[N+](=O)[O-])c1ccccc1. The van der Waals surface area contributed by atoms with Gasteiger partial charge in [0, 0.05) is 6.07 Å². The second-order valence-corrected chi connectivity index (χ2v) is 5.71. The Bertz CT molecular complexity index is 701. The molecule has 24 heavy (non-hydrogen) atoms. The molecule has 0 saturated heterocycles. The monoisotopic (exact) mass is 328 g/mol. The number of carbonyl (C=O) groups excluding carboxylic acids is 1. The maximum Gasteiger partial charge on any atom is 0.310 e. The van der Waals surface area contributed by atoms with Crippen LogP contribution in [0, 0.1) is 16.0 Å². The molecule has 0 aromatic heterocycles. The predicted octanol–water partition coefficient (Wildman–Crippen LogP) is 3.49. The van der Waals surface area contributed by atoms with E-state index in [-0.39, 0.29) is 35.9 Å². The number of nitro groups is 1. The van der Waals surface area contributed by atoms with Crippen molar-refractivity contribution in [2.75, 3.05) is 6.61 Å². The molecule has 0 aliphatic rings. The molecule has 0 radical (unpaired) electrons. The Balaban J connectivity index is 2.01. The zero-order chi connectivity index (χ0) is 17.5. The summed E-state index contributed by atoms with van der Waals surface area (Å²) in [4.78, 5) is 22.6. The standard InChI is InChI=1S/C18H20N2O4/c1-13(2)18(14-8-4-3-5-9-14)19-17(21)12-24-16-11-7-6-10-15(16)20(22)23/h3-11,13,18H,12H2,1-2H3,(H,19,21)/t18-/m0/s1. The van der Waals surface area contributed by atoms with Crippen LogP contribution in [0.2, 0.25) is 0 Å². The largest absolute Gasteiger partial charge is 0.477 e. The van der Waals surface area contributed by atoms with Gasteiger partial charge in [0.05, 0.1) is 11.0 Å². The smallest absolute Gasteiger partial charge is 0.310 e. The molecular formula is C18H20N2O4. The van der Waals surface area contributed by atoms with Gasteiger partial charge in [-0.05, 0) is 17.5 Å². The van der Waals surface area contributed by atoms with Gasteiger partial charge in [-0.1, -0.05) is 56.3 Å². The van der Waals surface area contributed by atoms with Gasteiger partial charge in [0.25, 0.3) is 5.91 Å². The average Bonchev–Trinajstić information content (AvgIpc) is 2.58. The van der Waals surface area contributed by atoms with E-state index in [0.29, 0.717) is 0 Å². The number of amides is 1. The third-order valence-electron chi connectivity index (χ3n) is 3.56. The third kappa shape index (κ3) is 4.55. The van der Waals surface area contributed by atoms with E-state index in [1.807, 2.05) is 44.2 Å². The van der Waals surface area contributed by atoms with Crippen molar-refractivity contribution in [3.63, 3.8) is 0 Å². The number of benzene rings is 2. The Hall–Kier alpha value is -2.89. The summed E-state index contributed by atoms with van der Waals surface area (Å²) in [5.74, 6) is -0.0448. The first-order valence-corrected chi connectivity index (χ1v) is 7.69. The van der Waals surface area contributed by atoms with E-state index >= 15 is 0 Å². The van der Waals surface area contributed by atoms with Crippen molar-refractivity contribution in [3.05, 3.63) is 70.3 Å². The van der Waals surface area contributed by atoms with Gasteiger partial charge in [-0.2, -0.15) is 0 Å². The summed E-state index contributed by atoms with van der Waals surface area (Å²) in [5.41, 5.74) is 0.848. The average molecular weight is 328 g/mol. The van der Waals surface area contributed by atoms with Gasteiger partial charge in [0.2, 0.25) is 0 Å². The van der Waals surface area contributed by atoms with Gasteiger partial charge in [0.1, 0.15) is 0 Å². The zero-order valence-electron chi connectivity index (χ0n) is 13.6. The number of hydrogen-bond acceptors (Lipinski definition) is 4. The van der Waals surface area contributed by atoms with Crippen molar-refractivity contribution in [2.24, 2.45) is 5.92 Å². The topological polar surface area (TPSA) is 81.5 Å². The van der Waals surface area contributed by atoms with Crippen LogP contribution < -0.4 is 10.1 Å². The quantitative estimate of drug-likeness (QED) is 0.623. The number of rotatable bonds is 7. The van der Waals surface area contributed by atoms with Crippen LogP contribution in [0.5, 0.6) is 5.75 Å². The van der Waals surface area contributed by atoms with Crippen LogP contribution >= 0.6 is 0 Å². The number of hydrogen-bond donors (Lipinski definition) is 1. The number of nitrogens with one attached hydrogen (secondary N) is 1. The molecule has 0 unspecified atom stereocenters. The highest BCUT2D eigenvalue weighted by atomic mass is 16.6. The molecule has 0 fully saturated rings. The first-order chi connectivity index (χ1) is 11.5. The number of nitrogens with zero attached hydrogens (tertiary/aromatic N) is 1. The maximum absolute atomic E-state index is 12.2. The molecule has 0 aliphatic heterocycles. The third-order valence-corrected chi connectivity index (χ3v) is 3.56. The Kier molecular flexibility index (Phi) is 5.89. The van der Waals surface area contributed by atoms with E-state index in [0.717, 1.165) is 5.56 Å². The highest BCUT2D eigenvalue weighted by Crippen LogP contribution is 2.26. The summed E-state index contributed by atoms with van der Waals surface area (Å²) in [6, 6.07) is 15.5. The molecule has 1 N–H and O–H groups in total. The lowest BCUT2D eigenvalue weighted by molar-refractivity contribution is -0.385. The molecule has 2 aromatic carbocycles. The Morgan fingerprint density at radius 3 is 2.38 bits per heavy atom. The number of nitro benzene ring substituents is 1. The fraction of sp³-hybridized carbons (Fsp3) is 0.278. The number of carbonyl (C=O) groups is 1. The molecule has 0 bridgehead atoms. The van der Waals surface area contributed by atoms with Crippen molar-refractivity contribution >= 4 is 11.6 Å². The Morgan fingerprint density at radius 2 is 1.75 bits per heavy atom. The van der Waals surface area contributed by atoms with E-state index < -0.39 is 4.92 Å². The molecule has 1 atom stereocenters. The lowest BCUT2D eigenvalue weighted by Crippen LogP contribution is -2.35. The van der Waals surface area contributed by atoms with E-state index in [9.17, 15) is 14.9 Å². The minimum absolute atomic E-state index is 0.0819. The maximum atomic E-state index is 12.2. The first kappa shape index (κ1) is 17.5. The Morgan fingerprint density at radius 1 is 1.12 bits per heavy atom. The Labute approximate surface area is 140 Å². The van der Waals surface area contributed by atoms with Crippen LogP contribution in [0.3, 0.4) is 0 Å². The molecule has 2 rings (SSSR count). The second-order valence-electron chi connectivity index (χ2n) is 5.71. The molecule has 6 heteroatoms. The van der Waals surface area contributed by atoms with Crippen LogP contribution in [-0.4, -0.2) is 17.4 Å². The summed E-state index contributed by atoms with van der Waals surface area (Å²) >= 11 is 0. The van der Waals surface area contributed by atoms with Crippen molar-refractivity contribution in [1.29, 1.82) is 0 Å². The van der Waals surface area contributed by atoms with Crippen LogP contribution in [0.25, 0.3) is 0 Å². The minimum atomic E-state index is -0.534. The summed E-state index contributed by atoms with van der Waals surface area (Å²) in [6.07, 6.45) is 0. The predicted molar refractivity (Wildman–Crippen MR) is 90.8 cm³/mol. The van der Waals surface area contributed by atoms with E-state index in [1.54, 1.807) is 12.1 Å². The summed E-state index contributed by atoms with van der Waals surface area (Å²) < 4.78 is 5.32. The lowest BCUT2D eigenvalue weighted by Gasteiger charge is -2.23. The van der Waals surface area contributed by atoms with Crippen molar-refractivity contribution in [1.82, 2.24) is 5.32 Å². The van der Waals surface area contributed by atoms with E-state index in [1.165, 1.54) is 12.1 Å². The molecule has 0 spiro atoms. The second kappa shape index (κ2) is 8.10. The summed E-state index contributed by atoms with van der Waals surface area (Å²) in [5, 5.41) is 13.9. The van der Waals surface area contributed by atoms with Crippen LogP contribution in [-0.2, 0) is 4.79 Å². The van der Waals surface area contributed by atoms with Gasteiger partial charge in [-0.15, -0.1) is 0 Å². The fourth-order valence-corrected chi connectivity index (χ4v) is 2.38. The fourth-order valence-electron chi connectivity index (χ4n) is 2.38. The van der Waals surface area contributed by atoms with Crippen molar-refractivity contribution < 1.29 is 14.5 Å². The normalized spacial score (nSPS) is 11.8. The highest BCUT2D eigenvalue weighted by Gasteiger charge is 2.19. The molecule has 126 valence electrons. The zero-order valence-corrected chi connectivity index (χ0v) is 13.6. The lowest BCUT2D eigenvalue weighted by atomic mass is 9.96. The summed E-state index contributed by atoms with van der Waals surface area (Å²) in [6.45, 7) is 3.75. The van der Waals surface area contributed by atoms with Gasteiger partial charge in [0.15, 0.2) is 12.4 Å². The van der Waals surface area contributed by atoms with Crippen LogP contribution in [0.15, 0.2) is 54.6 Å². The van der Waals surface area contributed by atoms with E-state index in [4.69, 9.17) is 4.74 Å². The van der Waals surface area contributed by atoms with Gasteiger partial charge in [-0.25, -0.2) is 0 Å². The molecule has 2 aromatic rings. The van der Waals surface area contributed by atoms with Crippen molar-refractivity contribution in [2.45, 2.75) is 19.9 Å². The van der Waals surface area contributed by atoms with E-state index in [2.05, 4.69) is 5.32 Å². The molecule has 1 amide bonds. The molecule has 0 heterocycles. The molecule has 0 saturated carbocycles. The highest BCUT2D eigenvalue weighted by molar-refractivity contribution is 5.78. The number of ether oxygens (including phenoxy) is 1. The van der Waals surface area contributed by atoms with Gasteiger partial charge >= 0.3 is 5.69 Å². The van der Waals surface area contributed by atoms with Crippen molar-refractivity contribution in [3.8, 4) is 5.75 Å². The molecule has 0 aliphatic carbocycles. The first-order valence-electron chi connectivity index (χ1n) is 7.69. The molecular weight excluding hydrogens is 308 g/mol. The van der Waals surface area contributed by atoms with Crippen LogP contribution in [0.1, 0.15) is 25.5 Å². The molecule has 6 nitrogen and oxygen atoms in total. The van der Waals surface area contributed by atoms with Crippen LogP contribution in [0.4, 0.5) is 5.69 Å². The summed E-state index contributed by atoms with van der Waals surface area (Å²) in [7, 11) is 0. The van der Waals surface area contributed by atoms with Gasteiger partial charge < -0.3 is 10.1 Å². The number of para-hydroxylation sites is 2. The van der Waals surface area contributed by atoms with Gasteiger partial charge in [-0.3, -0.25) is 14.9 Å².